The molecule has 19 heavy (non-hydrogen) atoms. The third-order valence-electron chi connectivity index (χ3n) is 3.49. The number of benzene rings is 1. The molecule has 0 spiro atoms. The van der Waals surface area contributed by atoms with Crippen molar-refractivity contribution in [3.63, 3.8) is 0 Å². The number of anilines is 1. The molecule has 1 saturated heterocycles. The summed E-state index contributed by atoms with van der Waals surface area (Å²) in [6.45, 7) is 5.62. The lowest BCUT2D eigenvalue weighted by Gasteiger charge is -2.40. The SMILES string of the molecule is CCOc1ccc(N2CCN(C)CC2CC#N)cc1. The molecule has 0 aliphatic carbocycles. The fourth-order valence-corrected chi connectivity index (χ4v) is 2.53. The highest BCUT2D eigenvalue weighted by molar-refractivity contribution is 5.50. The van der Waals surface area contributed by atoms with Crippen molar-refractivity contribution in [1.82, 2.24) is 4.90 Å². The molecule has 0 N–H and O–H groups in total. The molecule has 1 unspecified atom stereocenters. The molecule has 4 nitrogen and oxygen atoms in total. The lowest BCUT2D eigenvalue weighted by Crippen LogP contribution is -2.51. The zero-order valence-electron chi connectivity index (χ0n) is 11.7. The van der Waals surface area contributed by atoms with Crippen LogP contribution in [0.1, 0.15) is 13.3 Å². The van der Waals surface area contributed by atoms with E-state index in [0.29, 0.717) is 13.0 Å². The van der Waals surface area contributed by atoms with E-state index in [0.717, 1.165) is 25.4 Å². The highest BCUT2D eigenvalue weighted by Crippen LogP contribution is 2.24. The van der Waals surface area contributed by atoms with E-state index < -0.39 is 0 Å². The fraction of sp³-hybridized carbons (Fsp3) is 0.533. The van der Waals surface area contributed by atoms with Crippen LogP contribution in [0.25, 0.3) is 0 Å². The van der Waals surface area contributed by atoms with Crippen molar-refractivity contribution in [2.45, 2.75) is 19.4 Å². The summed E-state index contributed by atoms with van der Waals surface area (Å²) in [6, 6.07) is 10.7. The molecule has 1 aliphatic rings. The predicted molar refractivity (Wildman–Crippen MR) is 76.5 cm³/mol. The van der Waals surface area contributed by atoms with Crippen molar-refractivity contribution in [2.24, 2.45) is 0 Å². The van der Waals surface area contributed by atoms with Crippen molar-refractivity contribution in [3.8, 4) is 11.8 Å². The first-order valence-electron chi connectivity index (χ1n) is 6.79. The summed E-state index contributed by atoms with van der Waals surface area (Å²) in [7, 11) is 2.11. The first-order valence-corrected chi connectivity index (χ1v) is 6.79. The van der Waals surface area contributed by atoms with Gasteiger partial charge in [-0.1, -0.05) is 0 Å². The topological polar surface area (TPSA) is 39.5 Å². The Kier molecular flexibility index (Phi) is 4.64. The van der Waals surface area contributed by atoms with Gasteiger partial charge in [0.15, 0.2) is 0 Å². The summed E-state index contributed by atoms with van der Waals surface area (Å²) in [5, 5.41) is 8.97. The maximum Gasteiger partial charge on any atom is 0.119 e. The number of nitrogens with zero attached hydrogens (tertiary/aromatic N) is 3. The normalized spacial score (nSPS) is 20.1. The van der Waals surface area contributed by atoms with Gasteiger partial charge in [0.05, 0.1) is 25.1 Å². The molecule has 102 valence electrons. The Morgan fingerprint density at radius 3 is 2.68 bits per heavy atom. The Morgan fingerprint density at radius 1 is 1.32 bits per heavy atom. The molecule has 1 fully saturated rings. The van der Waals surface area contributed by atoms with E-state index in [1.807, 2.05) is 19.1 Å². The van der Waals surface area contributed by atoms with Gasteiger partial charge in [-0.15, -0.1) is 0 Å². The molecule has 1 aromatic carbocycles. The van der Waals surface area contributed by atoms with Crippen LogP contribution in [0.4, 0.5) is 5.69 Å². The van der Waals surface area contributed by atoms with Crippen LogP contribution in [0.5, 0.6) is 5.75 Å². The van der Waals surface area contributed by atoms with Gasteiger partial charge in [0.25, 0.3) is 0 Å². The lowest BCUT2D eigenvalue weighted by molar-refractivity contribution is 0.268. The van der Waals surface area contributed by atoms with E-state index >= 15 is 0 Å². The molecule has 0 radical (unpaired) electrons. The van der Waals surface area contributed by atoms with Gasteiger partial charge in [-0.3, -0.25) is 0 Å². The second-order valence-electron chi connectivity index (χ2n) is 4.90. The summed E-state index contributed by atoms with van der Waals surface area (Å²) >= 11 is 0. The van der Waals surface area contributed by atoms with Crippen molar-refractivity contribution >= 4 is 5.69 Å². The van der Waals surface area contributed by atoms with Crippen LogP contribution >= 0.6 is 0 Å². The van der Waals surface area contributed by atoms with Crippen molar-refractivity contribution in [3.05, 3.63) is 24.3 Å². The van der Waals surface area contributed by atoms with Crippen molar-refractivity contribution < 1.29 is 4.74 Å². The van der Waals surface area contributed by atoms with Crippen LogP contribution < -0.4 is 9.64 Å². The van der Waals surface area contributed by atoms with Crippen LogP contribution in [-0.2, 0) is 0 Å². The molecular formula is C15H21N3O. The number of hydrogen-bond acceptors (Lipinski definition) is 4. The summed E-state index contributed by atoms with van der Waals surface area (Å²) in [5.74, 6) is 0.900. The van der Waals surface area contributed by atoms with E-state index in [2.05, 4.69) is 35.0 Å². The zero-order valence-corrected chi connectivity index (χ0v) is 11.7. The predicted octanol–water partition coefficient (Wildman–Crippen LogP) is 2.12. The number of piperazine rings is 1. The highest BCUT2D eigenvalue weighted by atomic mass is 16.5. The molecule has 2 rings (SSSR count). The van der Waals surface area contributed by atoms with Gasteiger partial charge in [-0.25, -0.2) is 0 Å². The summed E-state index contributed by atoms with van der Waals surface area (Å²) in [5.41, 5.74) is 1.18. The van der Waals surface area contributed by atoms with Crippen LogP contribution in [0.15, 0.2) is 24.3 Å². The number of hydrogen-bond donors (Lipinski definition) is 0. The first-order chi connectivity index (χ1) is 9.24. The van der Waals surface area contributed by atoms with Gasteiger partial charge < -0.3 is 14.5 Å². The summed E-state index contributed by atoms with van der Waals surface area (Å²) in [6.07, 6.45) is 0.567. The second kappa shape index (κ2) is 6.44. The highest BCUT2D eigenvalue weighted by Gasteiger charge is 2.25. The lowest BCUT2D eigenvalue weighted by atomic mass is 10.1. The molecular weight excluding hydrogens is 238 g/mol. The second-order valence-corrected chi connectivity index (χ2v) is 4.90. The Balaban J connectivity index is 2.12. The van der Waals surface area contributed by atoms with Crippen LogP contribution in [0, 0.1) is 11.3 Å². The van der Waals surface area contributed by atoms with Gasteiger partial charge in [-0.05, 0) is 38.2 Å². The van der Waals surface area contributed by atoms with Gasteiger partial charge in [0.1, 0.15) is 5.75 Å². The number of rotatable bonds is 4. The Bertz CT molecular complexity index is 438. The van der Waals surface area contributed by atoms with Crippen LogP contribution in [0.3, 0.4) is 0 Å². The molecule has 0 bridgehead atoms. The average molecular weight is 259 g/mol. The molecule has 1 aromatic rings. The third-order valence-corrected chi connectivity index (χ3v) is 3.49. The number of ether oxygens (including phenoxy) is 1. The van der Waals surface area contributed by atoms with E-state index in [1.165, 1.54) is 5.69 Å². The first kappa shape index (κ1) is 13.7. The third kappa shape index (κ3) is 3.39. The van der Waals surface area contributed by atoms with Crippen LogP contribution in [0.2, 0.25) is 0 Å². The van der Waals surface area contributed by atoms with Gasteiger partial charge in [0, 0.05) is 25.3 Å². The number of likely N-dealkylation sites (N-methyl/N-ethyl adjacent to an activating group) is 1. The van der Waals surface area contributed by atoms with E-state index in [1.54, 1.807) is 0 Å². The molecule has 1 heterocycles. The van der Waals surface area contributed by atoms with Crippen LogP contribution in [-0.4, -0.2) is 44.2 Å². The van der Waals surface area contributed by atoms with Gasteiger partial charge in [-0.2, -0.15) is 5.26 Å². The molecule has 4 heteroatoms. The molecule has 1 atom stereocenters. The van der Waals surface area contributed by atoms with Gasteiger partial charge in [0.2, 0.25) is 0 Å². The van der Waals surface area contributed by atoms with Gasteiger partial charge >= 0.3 is 0 Å². The maximum absolute atomic E-state index is 8.97. The molecule has 1 aliphatic heterocycles. The van der Waals surface area contributed by atoms with E-state index in [4.69, 9.17) is 10.00 Å². The standard InChI is InChI=1S/C15H21N3O/c1-3-19-15-6-4-13(5-7-15)18-11-10-17(2)12-14(18)8-9-16/h4-7,14H,3,8,10-12H2,1-2H3. The molecule has 0 saturated carbocycles. The van der Waals surface area contributed by atoms with E-state index in [-0.39, 0.29) is 6.04 Å². The number of nitriles is 1. The Hall–Kier alpha value is -1.73. The molecule has 0 aromatic heterocycles. The minimum absolute atomic E-state index is 0.279. The maximum atomic E-state index is 8.97. The van der Waals surface area contributed by atoms with Crippen molar-refractivity contribution in [1.29, 1.82) is 5.26 Å². The van der Waals surface area contributed by atoms with Crippen molar-refractivity contribution in [2.75, 3.05) is 38.2 Å². The van der Waals surface area contributed by atoms with E-state index in [9.17, 15) is 0 Å². The average Bonchev–Trinajstić information content (AvgIpc) is 2.41. The monoisotopic (exact) mass is 259 g/mol. The minimum atomic E-state index is 0.279. The zero-order chi connectivity index (χ0) is 13.7. The summed E-state index contributed by atoms with van der Waals surface area (Å²) < 4.78 is 5.46. The summed E-state index contributed by atoms with van der Waals surface area (Å²) in [4.78, 5) is 4.62. The quantitative estimate of drug-likeness (QED) is 0.830. The minimum Gasteiger partial charge on any atom is -0.494 e. The molecule has 0 amide bonds. The Labute approximate surface area is 115 Å². The Morgan fingerprint density at radius 2 is 2.05 bits per heavy atom. The smallest absolute Gasteiger partial charge is 0.119 e. The fourth-order valence-electron chi connectivity index (χ4n) is 2.53. The largest absolute Gasteiger partial charge is 0.494 e.